The number of ether oxygens (including phenoxy) is 2. The van der Waals surface area contributed by atoms with E-state index in [2.05, 4.69) is 30.1 Å². The smallest absolute Gasteiger partial charge is 0.305 e. The van der Waals surface area contributed by atoms with Crippen molar-refractivity contribution in [1.82, 2.24) is 4.98 Å². The lowest BCUT2D eigenvalue weighted by Crippen LogP contribution is -2.03. The molecule has 174 valence electrons. The molecule has 0 aliphatic rings. The summed E-state index contributed by atoms with van der Waals surface area (Å²) in [4.78, 5) is 13.9. The van der Waals surface area contributed by atoms with Crippen molar-refractivity contribution in [2.75, 3.05) is 20.8 Å². The Kier molecular flexibility index (Phi) is 10.1. The number of methoxy groups -OCH3 is 2. The zero-order valence-corrected chi connectivity index (χ0v) is 19.1. The summed E-state index contributed by atoms with van der Waals surface area (Å²) in [6.45, 7) is 2.20. The molecule has 2 aromatic carbocycles. The number of nitrogens with zero attached hydrogens (tertiary/aromatic N) is 1. The summed E-state index contributed by atoms with van der Waals surface area (Å²) in [5, 5.41) is 15.6. The summed E-state index contributed by atoms with van der Waals surface area (Å²) in [6.07, 6.45) is 7.72. The Balaban J connectivity index is 0.000000569. The Morgan fingerprint density at radius 3 is 2.18 bits per heavy atom. The van der Waals surface area contributed by atoms with Crippen molar-refractivity contribution in [3.8, 4) is 22.6 Å². The second kappa shape index (κ2) is 13.0. The van der Waals surface area contributed by atoms with Crippen LogP contribution >= 0.6 is 0 Å². The molecule has 0 unspecified atom stereocenters. The number of aliphatic carboxylic acids is 1. The van der Waals surface area contributed by atoms with Crippen LogP contribution in [0.4, 0.5) is 0 Å². The molecule has 0 atom stereocenters. The van der Waals surface area contributed by atoms with Crippen molar-refractivity contribution < 1.29 is 24.5 Å². The van der Waals surface area contributed by atoms with Gasteiger partial charge in [0.15, 0.2) is 0 Å². The van der Waals surface area contributed by atoms with Gasteiger partial charge in [0.05, 0.1) is 27.2 Å². The minimum atomic E-state index is -0.961. The van der Waals surface area contributed by atoms with E-state index in [9.17, 15) is 4.79 Å². The van der Waals surface area contributed by atoms with E-state index in [1.54, 1.807) is 14.2 Å². The highest BCUT2D eigenvalue weighted by Crippen LogP contribution is 2.31. The number of hydrogen-bond acceptors (Lipinski definition) is 6. The molecule has 0 saturated heterocycles. The van der Waals surface area contributed by atoms with Crippen molar-refractivity contribution in [3.05, 3.63) is 77.1 Å². The van der Waals surface area contributed by atoms with Gasteiger partial charge >= 0.3 is 5.97 Å². The fraction of sp³-hybridized carbons (Fsp3) is 0.231. The van der Waals surface area contributed by atoms with Crippen LogP contribution in [0.2, 0.25) is 0 Å². The van der Waals surface area contributed by atoms with Gasteiger partial charge in [-0.25, -0.2) is 0 Å². The number of nitrogens with two attached hydrogens (primary N) is 1. The molecule has 33 heavy (non-hydrogen) atoms. The number of carbonyl (C=O) groups is 1. The van der Waals surface area contributed by atoms with E-state index in [1.807, 2.05) is 48.8 Å². The van der Waals surface area contributed by atoms with Gasteiger partial charge in [-0.3, -0.25) is 9.78 Å². The third kappa shape index (κ3) is 7.17. The average Bonchev–Trinajstić information content (AvgIpc) is 2.83. The first kappa shape index (κ1) is 25.6. The zero-order chi connectivity index (χ0) is 24.2. The molecule has 0 aliphatic carbocycles. The van der Waals surface area contributed by atoms with Crippen molar-refractivity contribution in [1.29, 1.82) is 0 Å². The predicted molar refractivity (Wildman–Crippen MR) is 130 cm³/mol. The minimum Gasteiger partial charge on any atom is -0.496 e. The minimum absolute atomic E-state index is 0.153. The topological polar surface area (TPSA) is 115 Å². The lowest BCUT2D eigenvalue weighted by atomic mass is 9.98. The van der Waals surface area contributed by atoms with Gasteiger partial charge in [-0.15, -0.1) is 0 Å². The molecule has 0 aliphatic heterocycles. The van der Waals surface area contributed by atoms with Crippen LogP contribution in [0.25, 0.3) is 23.3 Å². The summed E-state index contributed by atoms with van der Waals surface area (Å²) in [7, 11) is 3.28. The molecular weight excluding hydrogens is 420 g/mol. The SMILES string of the molecule is COc1cc(/C=C/c2cncc(-c3ccccc3)c2C)cc(OC)c1CN.O=C(O)CCO. The summed E-state index contributed by atoms with van der Waals surface area (Å²) >= 11 is 0. The van der Waals surface area contributed by atoms with Crippen molar-refractivity contribution in [3.63, 3.8) is 0 Å². The number of aliphatic hydroxyl groups is 1. The monoisotopic (exact) mass is 450 g/mol. The number of aromatic nitrogens is 1. The molecule has 3 rings (SSSR count). The van der Waals surface area contributed by atoms with Crippen molar-refractivity contribution >= 4 is 18.1 Å². The Labute approximate surface area is 194 Å². The maximum atomic E-state index is 9.44. The number of aliphatic hydroxyl groups excluding tert-OH is 1. The van der Waals surface area contributed by atoms with Crippen molar-refractivity contribution in [2.24, 2.45) is 5.73 Å². The highest BCUT2D eigenvalue weighted by molar-refractivity contribution is 5.77. The van der Waals surface area contributed by atoms with Gasteiger partial charge < -0.3 is 25.4 Å². The molecule has 1 aromatic heterocycles. The van der Waals surface area contributed by atoms with E-state index in [4.69, 9.17) is 25.4 Å². The molecule has 0 saturated carbocycles. The normalized spacial score (nSPS) is 10.5. The van der Waals surface area contributed by atoms with Crippen LogP contribution in [-0.4, -0.2) is 42.0 Å². The fourth-order valence-electron chi connectivity index (χ4n) is 3.20. The Hall–Kier alpha value is -3.68. The second-order valence-electron chi connectivity index (χ2n) is 7.08. The first-order chi connectivity index (χ1) is 15.9. The van der Waals surface area contributed by atoms with Crippen LogP contribution < -0.4 is 15.2 Å². The molecule has 0 bridgehead atoms. The van der Waals surface area contributed by atoms with Gasteiger partial charge in [-0.05, 0) is 41.3 Å². The summed E-state index contributed by atoms with van der Waals surface area (Å²) in [6, 6.07) is 14.2. The second-order valence-corrected chi connectivity index (χ2v) is 7.08. The lowest BCUT2D eigenvalue weighted by Gasteiger charge is -2.13. The third-order valence-corrected chi connectivity index (χ3v) is 4.95. The van der Waals surface area contributed by atoms with Crippen LogP contribution in [0.3, 0.4) is 0 Å². The molecule has 1 heterocycles. The van der Waals surface area contributed by atoms with Crippen molar-refractivity contribution in [2.45, 2.75) is 19.9 Å². The maximum absolute atomic E-state index is 9.44. The highest BCUT2D eigenvalue weighted by atomic mass is 16.5. The quantitative estimate of drug-likeness (QED) is 0.472. The van der Waals surface area contributed by atoms with Gasteiger partial charge in [0.1, 0.15) is 11.5 Å². The number of pyridine rings is 1. The van der Waals surface area contributed by atoms with E-state index in [0.29, 0.717) is 6.54 Å². The molecule has 0 fully saturated rings. The molecule has 7 heteroatoms. The summed E-state index contributed by atoms with van der Waals surface area (Å²) < 4.78 is 10.9. The summed E-state index contributed by atoms with van der Waals surface area (Å²) in [5.74, 6) is 0.492. The van der Waals surface area contributed by atoms with Crippen LogP contribution in [0.15, 0.2) is 54.9 Å². The first-order valence-electron chi connectivity index (χ1n) is 10.4. The number of rotatable bonds is 8. The van der Waals surface area contributed by atoms with Gasteiger partial charge in [0, 0.05) is 30.1 Å². The standard InChI is InChI=1S/C23H24N2O2.C3H6O3/c1-16-19(14-25-15-21(16)18-7-5-4-6-8-18)10-9-17-11-22(26-2)20(13-24)23(12-17)27-3;4-2-1-3(5)6/h4-12,14-15H,13,24H2,1-3H3;4H,1-2H2,(H,5,6)/b10-9+;. The lowest BCUT2D eigenvalue weighted by molar-refractivity contribution is -0.137. The van der Waals surface area contributed by atoms with E-state index < -0.39 is 5.97 Å². The maximum Gasteiger partial charge on any atom is 0.305 e. The zero-order valence-electron chi connectivity index (χ0n) is 19.1. The van der Waals surface area contributed by atoms with Gasteiger partial charge in [0.2, 0.25) is 0 Å². The molecule has 0 spiro atoms. The number of hydrogen-bond donors (Lipinski definition) is 3. The fourth-order valence-corrected chi connectivity index (χ4v) is 3.20. The van der Waals surface area contributed by atoms with E-state index in [0.717, 1.165) is 39.3 Å². The van der Waals surface area contributed by atoms with Gasteiger partial charge in [0.25, 0.3) is 0 Å². The molecule has 0 radical (unpaired) electrons. The Morgan fingerprint density at radius 2 is 1.70 bits per heavy atom. The van der Waals surface area contributed by atoms with E-state index in [1.165, 1.54) is 5.56 Å². The third-order valence-electron chi connectivity index (χ3n) is 4.95. The molecule has 7 nitrogen and oxygen atoms in total. The molecule has 0 amide bonds. The average molecular weight is 451 g/mol. The van der Waals surface area contributed by atoms with Crippen LogP contribution in [0, 0.1) is 6.92 Å². The molecular formula is C26H30N2O5. The Morgan fingerprint density at radius 1 is 1.06 bits per heavy atom. The van der Waals surface area contributed by atoms with E-state index >= 15 is 0 Å². The largest absolute Gasteiger partial charge is 0.496 e. The first-order valence-corrected chi connectivity index (χ1v) is 10.4. The number of carboxylic acid groups (broad SMARTS) is 1. The van der Waals surface area contributed by atoms with Crippen LogP contribution in [0.5, 0.6) is 11.5 Å². The van der Waals surface area contributed by atoms with Gasteiger partial charge in [-0.1, -0.05) is 42.5 Å². The summed E-state index contributed by atoms with van der Waals surface area (Å²) in [5.41, 5.74) is 12.2. The van der Waals surface area contributed by atoms with Crippen LogP contribution in [0.1, 0.15) is 28.7 Å². The van der Waals surface area contributed by atoms with E-state index in [-0.39, 0.29) is 13.0 Å². The molecule has 3 aromatic rings. The molecule has 4 N–H and O–H groups in total. The Bertz CT molecular complexity index is 1060. The highest BCUT2D eigenvalue weighted by Gasteiger charge is 2.10. The number of carboxylic acids is 1. The predicted octanol–water partition coefficient (Wildman–Crippen LogP) is 4.16. The number of benzene rings is 2. The van der Waals surface area contributed by atoms with Crippen LogP contribution in [-0.2, 0) is 11.3 Å². The van der Waals surface area contributed by atoms with Gasteiger partial charge in [-0.2, -0.15) is 0 Å².